The van der Waals surface area contributed by atoms with E-state index in [1.54, 1.807) is 18.3 Å². The molecular weight excluding hydrogens is 415 g/mol. The van der Waals surface area contributed by atoms with Crippen molar-refractivity contribution in [1.82, 2.24) is 29.7 Å². The molecule has 1 aromatic carbocycles. The first-order valence-corrected chi connectivity index (χ1v) is 10.8. The molecule has 5 rings (SSSR count). The van der Waals surface area contributed by atoms with Crippen molar-refractivity contribution in [3.63, 3.8) is 0 Å². The molecule has 1 aliphatic rings. The average Bonchev–Trinajstić information content (AvgIpc) is 3.31. The standard InChI is InChI=1S/C21H21FN8S/c1-10(2)29-11(3)19-28-27-12(4)30(19)15-9-24-18(26-20(15)29)17-16(25-21(23)31-17)13-5-7-14(22)8-6-13/h5-11H,1-4H3,(H2,23,25)/t11-/m1/s1. The summed E-state index contributed by atoms with van der Waals surface area (Å²) < 4.78 is 15.4. The van der Waals surface area contributed by atoms with E-state index in [-0.39, 0.29) is 17.9 Å². The van der Waals surface area contributed by atoms with Gasteiger partial charge in [0.25, 0.3) is 0 Å². The van der Waals surface area contributed by atoms with Gasteiger partial charge in [-0.15, -0.1) is 10.2 Å². The first-order chi connectivity index (χ1) is 14.8. The summed E-state index contributed by atoms with van der Waals surface area (Å²) in [6, 6.07) is 6.36. The van der Waals surface area contributed by atoms with Crippen molar-refractivity contribution >= 4 is 22.3 Å². The van der Waals surface area contributed by atoms with Crippen LogP contribution in [0.25, 0.3) is 27.6 Å². The summed E-state index contributed by atoms with van der Waals surface area (Å²) in [7, 11) is 0. The molecule has 8 nitrogen and oxygen atoms in total. The maximum atomic E-state index is 13.4. The van der Waals surface area contributed by atoms with Crippen LogP contribution in [0.2, 0.25) is 0 Å². The molecule has 10 heteroatoms. The maximum absolute atomic E-state index is 13.4. The highest BCUT2D eigenvalue weighted by atomic mass is 32.1. The number of aryl methyl sites for hydroxylation is 1. The number of fused-ring (bicyclic) bond motifs is 3. The van der Waals surface area contributed by atoms with Gasteiger partial charge in [-0.2, -0.15) is 0 Å². The fourth-order valence-corrected chi connectivity index (χ4v) is 4.86. The van der Waals surface area contributed by atoms with Crippen molar-refractivity contribution in [3.8, 4) is 27.6 Å². The van der Waals surface area contributed by atoms with Gasteiger partial charge < -0.3 is 10.6 Å². The quantitative estimate of drug-likeness (QED) is 0.515. The second-order valence-corrected chi connectivity index (χ2v) is 8.79. The van der Waals surface area contributed by atoms with Gasteiger partial charge in [-0.25, -0.2) is 19.3 Å². The van der Waals surface area contributed by atoms with Crippen LogP contribution >= 0.6 is 11.3 Å². The Bertz CT molecular complexity index is 1280. The lowest BCUT2D eigenvalue weighted by atomic mass is 10.1. The molecule has 2 N–H and O–H groups in total. The summed E-state index contributed by atoms with van der Waals surface area (Å²) in [4.78, 5) is 17.0. The third-order valence-electron chi connectivity index (χ3n) is 5.40. The van der Waals surface area contributed by atoms with Crippen molar-refractivity contribution in [2.75, 3.05) is 10.6 Å². The zero-order valence-corrected chi connectivity index (χ0v) is 18.4. The van der Waals surface area contributed by atoms with Gasteiger partial charge in [-0.05, 0) is 52.0 Å². The number of nitrogens with zero attached hydrogens (tertiary/aromatic N) is 7. The maximum Gasteiger partial charge on any atom is 0.181 e. The summed E-state index contributed by atoms with van der Waals surface area (Å²) in [6.45, 7) is 8.26. The lowest BCUT2D eigenvalue weighted by Gasteiger charge is -2.38. The van der Waals surface area contributed by atoms with E-state index in [0.29, 0.717) is 16.6 Å². The summed E-state index contributed by atoms with van der Waals surface area (Å²) >= 11 is 1.32. The average molecular weight is 437 g/mol. The van der Waals surface area contributed by atoms with Crippen molar-refractivity contribution in [1.29, 1.82) is 0 Å². The number of benzene rings is 1. The van der Waals surface area contributed by atoms with E-state index in [0.717, 1.165) is 33.6 Å². The van der Waals surface area contributed by atoms with E-state index >= 15 is 0 Å². The number of thiazole rings is 1. The normalized spacial score (nSPS) is 15.3. The number of anilines is 2. The molecular formula is C21H21FN8S. The highest BCUT2D eigenvalue weighted by Gasteiger charge is 2.35. The van der Waals surface area contributed by atoms with Gasteiger partial charge in [-0.1, -0.05) is 11.3 Å². The minimum absolute atomic E-state index is 0.000417. The number of hydrogen-bond donors (Lipinski definition) is 1. The second kappa shape index (κ2) is 7.09. The van der Waals surface area contributed by atoms with Crippen LogP contribution in [0.5, 0.6) is 0 Å². The molecule has 0 bridgehead atoms. The lowest BCUT2D eigenvalue weighted by Crippen LogP contribution is -2.39. The summed E-state index contributed by atoms with van der Waals surface area (Å²) in [5, 5.41) is 9.04. The Morgan fingerprint density at radius 3 is 2.58 bits per heavy atom. The molecule has 4 heterocycles. The van der Waals surface area contributed by atoms with E-state index < -0.39 is 0 Å². The zero-order chi connectivity index (χ0) is 21.9. The van der Waals surface area contributed by atoms with E-state index in [1.165, 1.54) is 23.5 Å². The van der Waals surface area contributed by atoms with E-state index in [4.69, 9.17) is 10.7 Å². The van der Waals surface area contributed by atoms with Crippen LogP contribution in [0.15, 0.2) is 30.5 Å². The Morgan fingerprint density at radius 2 is 1.87 bits per heavy atom. The molecule has 1 atom stereocenters. The van der Waals surface area contributed by atoms with Gasteiger partial charge >= 0.3 is 0 Å². The van der Waals surface area contributed by atoms with Gasteiger partial charge in [0.1, 0.15) is 22.2 Å². The molecule has 0 fully saturated rings. The van der Waals surface area contributed by atoms with Crippen LogP contribution in [0, 0.1) is 12.7 Å². The van der Waals surface area contributed by atoms with Crippen LogP contribution in [0.3, 0.4) is 0 Å². The van der Waals surface area contributed by atoms with Crippen LogP contribution in [0.4, 0.5) is 15.3 Å². The van der Waals surface area contributed by atoms with Gasteiger partial charge in [0.15, 0.2) is 22.6 Å². The Kier molecular flexibility index (Phi) is 4.47. The highest BCUT2D eigenvalue weighted by Crippen LogP contribution is 2.41. The number of nitrogens with two attached hydrogens (primary N) is 1. The third kappa shape index (κ3) is 3.05. The van der Waals surface area contributed by atoms with Crippen LogP contribution in [-0.2, 0) is 0 Å². The summed E-state index contributed by atoms with van der Waals surface area (Å²) in [5.74, 6) is 2.68. The number of nitrogen functional groups attached to an aromatic ring is 1. The van der Waals surface area contributed by atoms with Gasteiger partial charge in [-0.3, -0.25) is 4.57 Å². The first kappa shape index (κ1) is 19.6. The minimum Gasteiger partial charge on any atom is -0.375 e. The Morgan fingerprint density at radius 1 is 1.13 bits per heavy atom. The smallest absolute Gasteiger partial charge is 0.181 e. The zero-order valence-electron chi connectivity index (χ0n) is 17.5. The highest BCUT2D eigenvalue weighted by molar-refractivity contribution is 7.19. The molecule has 1 aliphatic heterocycles. The predicted molar refractivity (Wildman–Crippen MR) is 119 cm³/mol. The molecule has 0 unspecified atom stereocenters. The van der Waals surface area contributed by atoms with Gasteiger partial charge in [0.2, 0.25) is 0 Å². The minimum atomic E-state index is -0.305. The van der Waals surface area contributed by atoms with Crippen LogP contribution in [-0.4, -0.2) is 35.8 Å². The largest absolute Gasteiger partial charge is 0.375 e. The second-order valence-electron chi connectivity index (χ2n) is 7.76. The number of halogens is 1. The number of rotatable bonds is 3. The van der Waals surface area contributed by atoms with E-state index in [1.807, 2.05) is 11.5 Å². The molecule has 0 saturated heterocycles. The molecule has 0 radical (unpaired) electrons. The summed E-state index contributed by atoms with van der Waals surface area (Å²) in [5.41, 5.74) is 8.28. The molecule has 4 aromatic rings. The van der Waals surface area contributed by atoms with Crippen molar-refractivity contribution < 1.29 is 4.39 Å². The van der Waals surface area contributed by atoms with Gasteiger partial charge in [0.05, 0.1) is 17.9 Å². The first-order valence-electron chi connectivity index (χ1n) is 9.95. The molecule has 0 spiro atoms. The summed E-state index contributed by atoms with van der Waals surface area (Å²) in [6.07, 6.45) is 1.79. The van der Waals surface area contributed by atoms with Gasteiger partial charge in [0, 0.05) is 11.6 Å². The lowest BCUT2D eigenvalue weighted by molar-refractivity contribution is 0.538. The van der Waals surface area contributed by atoms with Crippen LogP contribution in [0.1, 0.15) is 38.5 Å². The van der Waals surface area contributed by atoms with Crippen molar-refractivity contribution in [2.45, 2.75) is 39.8 Å². The van der Waals surface area contributed by atoms with Crippen LogP contribution < -0.4 is 10.6 Å². The predicted octanol–water partition coefficient (Wildman–Crippen LogP) is 4.17. The third-order valence-corrected chi connectivity index (χ3v) is 6.28. The fourth-order valence-electron chi connectivity index (χ4n) is 4.06. The Hall–Kier alpha value is -3.40. The number of aromatic nitrogens is 6. The Balaban J connectivity index is 1.70. The fraction of sp³-hybridized carbons (Fsp3) is 0.286. The van der Waals surface area contributed by atoms with Crippen molar-refractivity contribution in [2.24, 2.45) is 0 Å². The van der Waals surface area contributed by atoms with Crippen molar-refractivity contribution in [3.05, 3.63) is 47.9 Å². The molecule has 158 valence electrons. The molecule has 3 aromatic heterocycles. The number of hydrogen-bond acceptors (Lipinski definition) is 8. The monoisotopic (exact) mass is 436 g/mol. The SMILES string of the molecule is Cc1nnc2n1-c1cnc(-c3sc(N)nc3-c3ccc(F)cc3)nc1N(C(C)C)[C@@H]2C. The van der Waals surface area contributed by atoms with E-state index in [9.17, 15) is 4.39 Å². The Labute approximate surface area is 182 Å². The molecule has 0 amide bonds. The van der Waals surface area contributed by atoms with E-state index in [2.05, 4.69) is 45.8 Å². The molecule has 0 saturated carbocycles. The molecule has 0 aliphatic carbocycles. The molecule has 31 heavy (non-hydrogen) atoms. The topological polar surface area (TPSA) is 98.6 Å².